The molecule has 1 unspecified atom stereocenters. The second-order valence-electron chi connectivity index (χ2n) is 4.77. The van der Waals surface area contributed by atoms with E-state index in [1.165, 1.54) is 0 Å². The molecule has 6 nitrogen and oxygen atoms in total. The molecule has 108 valence electrons. The third kappa shape index (κ3) is 10.0. The monoisotopic (exact) mass is 262 g/mol. The highest BCUT2D eigenvalue weighted by molar-refractivity contribution is 5.73. The Kier molecular flexibility index (Phi) is 10.5. The molecular weight excluding hydrogens is 236 g/mol. The number of carboxylic acids is 2. The Morgan fingerprint density at radius 1 is 1.22 bits per heavy atom. The van der Waals surface area contributed by atoms with Crippen molar-refractivity contribution in [2.45, 2.75) is 52.5 Å². The van der Waals surface area contributed by atoms with Crippen molar-refractivity contribution in [3.8, 4) is 0 Å². The third-order valence-electron chi connectivity index (χ3n) is 2.75. The van der Waals surface area contributed by atoms with Crippen LogP contribution in [0.25, 0.3) is 0 Å². The largest absolute Gasteiger partial charge is 0.481 e. The molecule has 0 amide bonds. The minimum atomic E-state index is -0.933. The zero-order valence-corrected chi connectivity index (χ0v) is 11.5. The van der Waals surface area contributed by atoms with E-state index in [0.29, 0.717) is 19.4 Å². The quantitative estimate of drug-likeness (QED) is 0.508. The standard InChI is InChI=1S/C6H14N2O2.C6H12O2/c7-4-2-1-3-5(8)6(9)10;1-4-6(2,3)5(7)8/h5H,1-4,7-8H2,(H,9,10);4H2,1-3H3,(H,7,8). The Morgan fingerprint density at radius 2 is 1.72 bits per heavy atom. The molecule has 0 radical (unpaired) electrons. The second kappa shape index (κ2) is 9.85. The molecule has 0 fully saturated rings. The van der Waals surface area contributed by atoms with Gasteiger partial charge in [0.15, 0.2) is 0 Å². The van der Waals surface area contributed by atoms with E-state index in [9.17, 15) is 9.59 Å². The average Bonchev–Trinajstić information content (AvgIpc) is 2.29. The van der Waals surface area contributed by atoms with E-state index in [1.807, 2.05) is 6.92 Å². The third-order valence-corrected chi connectivity index (χ3v) is 2.75. The molecule has 0 aliphatic carbocycles. The minimum Gasteiger partial charge on any atom is -0.481 e. The van der Waals surface area contributed by atoms with E-state index >= 15 is 0 Å². The first-order valence-electron chi connectivity index (χ1n) is 6.10. The first-order valence-corrected chi connectivity index (χ1v) is 6.10. The summed E-state index contributed by atoms with van der Waals surface area (Å²) in [5, 5.41) is 16.8. The van der Waals surface area contributed by atoms with Gasteiger partial charge in [0, 0.05) is 0 Å². The van der Waals surface area contributed by atoms with Gasteiger partial charge in [-0.3, -0.25) is 9.59 Å². The molecule has 6 N–H and O–H groups in total. The van der Waals surface area contributed by atoms with Crippen molar-refractivity contribution in [2.24, 2.45) is 16.9 Å². The van der Waals surface area contributed by atoms with Gasteiger partial charge in [-0.25, -0.2) is 0 Å². The van der Waals surface area contributed by atoms with Crippen LogP contribution in [0.4, 0.5) is 0 Å². The van der Waals surface area contributed by atoms with Crippen LogP contribution in [0.15, 0.2) is 0 Å². The van der Waals surface area contributed by atoms with E-state index in [-0.39, 0.29) is 0 Å². The molecule has 0 heterocycles. The number of carbonyl (C=O) groups is 2. The molecule has 0 bridgehead atoms. The predicted molar refractivity (Wildman–Crippen MR) is 70.2 cm³/mol. The van der Waals surface area contributed by atoms with Gasteiger partial charge in [-0.15, -0.1) is 0 Å². The summed E-state index contributed by atoms with van der Waals surface area (Å²) >= 11 is 0. The maximum Gasteiger partial charge on any atom is 0.320 e. The summed E-state index contributed by atoms with van der Waals surface area (Å²) in [6.45, 7) is 5.91. The fourth-order valence-electron chi connectivity index (χ4n) is 0.783. The number of carboxylic acid groups (broad SMARTS) is 2. The second-order valence-corrected chi connectivity index (χ2v) is 4.77. The van der Waals surface area contributed by atoms with E-state index in [4.69, 9.17) is 21.7 Å². The lowest BCUT2D eigenvalue weighted by molar-refractivity contribution is -0.147. The van der Waals surface area contributed by atoms with Crippen LogP contribution >= 0.6 is 0 Å². The number of hydrogen-bond acceptors (Lipinski definition) is 4. The smallest absolute Gasteiger partial charge is 0.320 e. The number of aliphatic carboxylic acids is 2. The molecule has 0 aromatic carbocycles. The molecule has 0 aliphatic heterocycles. The highest BCUT2D eigenvalue weighted by Gasteiger charge is 2.23. The lowest BCUT2D eigenvalue weighted by atomic mass is 9.91. The van der Waals surface area contributed by atoms with Gasteiger partial charge in [0.05, 0.1) is 5.41 Å². The van der Waals surface area contributed by atoms with Crippen LogP contribution in [0.3, 0.4) is 0 Å². The van der Waals surface area contributed by atoms with Gasteiger partial charge in [-0.2, -0.15) is 0 Å². The van der Waals surface area contributed by atoms with Crippen LogP contribution < -0.4 is 11.5 Å². The van der Waals surface area contributed by atoms with Crippen molar-refractivity contribution < 1.29 is 19.8 Å². The normalized spacial score (nSPS) is 12.3. The molecule has 0 aliphatic rings. The zero-order chi connectivity index (χ0) is 14.8. The van der Waals surface area contributed by atoms with Crippen LogP contribution in [-0.2, 0) is 9.59 Å². The Balaban J connectivity index is 0. The zero-order valence-electron chi connectivity index (χ0n) is 11.5. The molecule has 18 heavy (non-hydrogen) atoms. The van der Waals surface area contributed by atoms with Crippen LogP contribution in [0.5, 0.6) is 0 Å². The molecule has 0 aromatic rings. The summed E-state index contributed by atoms with van der Waals surface area (Å²) in [4.78, 5) is 20.4. The lowest BCUT2D eigenvalue weighted by Crippen LogP contribution is -2.29. The van der Waals surface area contributed by atoms with Crippen molar-refractivity contribution >= 4 is 11.9 Å². The summed E-state index contributed by atoms with van der Waals surface area (Å²) in [5.74, 6) is -1.66. The van der Waals surface area contributed by atoms with Crippen LogP contribution in [0.1, 0.15) is 46.5 Å². The average molecular weight is 262 g/mol. The van der Waals surface area contributed by atoms with E-state index in [2.05, 4.69) is 0 Å². The number of unbranched alkanes of at least 4 members (excludes halogenated alkanes) is 1. The molecule has 0 aromatic heterocycles. The maximum atomic E-state index is 10.3. The summed E-state index contributed by atoms with van der Waals surface area (Å²) in [7, 11) is 0. The molecular formula is C12H26N2O4. The minimum absolute atomic E-state index is 0.520. The lowest BCUT2D eigenvalue weighted by Gasteiger charge is -2.14. The Morgan fingerprint density at radius 3 is 1.94 bits per heavy atom. The van der Waals surface area contributed by atoms with Crippen molar-refractivity contribution in [2.75, 3.05) is 6.54 Å². The van der Waals surface area contributed by atoms with Crippen molar-refractivity contribution in [3.63, 3.8) is 0 Å². The Labute approximate surface area is 108 Å². The van der Waals surface area contributed by atoms with Crippen LogP contribution in [-0.4, -0.2) is 34.7 Å². The van der Waals surface area contributed by atoms with Gasteiger partial charge >= 0.3 is 11.9 Å². The fourth-order valence-corrected chi connectivity index (χ4v) is 0.783. The molecule has 6 heteroatoms. The summed E-state index contributed by atoms with van der Waals surface area (Å²) in [5.41, 5.74) is 9.88. The summed E-state index contributed by atoms with van der Waals surface area (Å²) < 4.78 is 0. The van der Waals surface area contributed by atoms with E-state index in [0.717, 1.165) is 12.8 Å². The highest BCUT2D eigenvalue weighted by atomic mass is 16.4. The topological polar surface area (TPSA) is 127 Å². The molecule has 1 atom stereocenters. The SMILES string of the molecule is CCC(C)(C)C(=O)O.NCCCCC(N)C(=O)O. The summed E-state index contributed by atoms with van der Waals surface area (Å²) in [6.07, 6.45) is 2.85. The van der Waals surface area contributed by atoms with Crippen LogP contribution in [0, 0.1) is 5.41 Å². The van der Waals surface area contributed by atoms with E-state index < -0.39 is 23.4 Å². The molecule has 0 saturated carbocycles. The Hall–Kier alpha value is -1.14. The van der Waals surface area contributed by atoms with Gasteiger partial charge < -0.3 is 21.7 Å². The van der Waals surface area contributed by atoms with Gasteiger partial charge in [0.2, 0.25) is 0 Å². The predicted octanol–water partition coefficient (Wildman–Crippen LogP) is 1.03. The van der Waals surface area contributed by atoms with Crippen molar-refractivity contribution in [3.05, 3.63) is 0 Å². The van der Waals surface area contributed by atoms with Gasteiger partial charge in [0.25, 0.3) is 0 Å². The molecule has 0 saturated heterocycles. The number of rotatable bonds is 7. The first-order chi connectivity index (χ1) is 8.18. The van der Waals surface area contributed by atoms with Crippen molar-refractivity contribution in [1.29, 1.82) is 0 Å². The fraction of sp³-hybridized carbons (Fsp3) is 0.833. The maximum absolute atomic E-state index is 10.3. The van der Waals surface area contributed by atoms with Gasteiger partial charge in [0.1, 0.15) is 6.04 Å². The Bertz CT molecular complexity index is 254. The highest BCUT2D eigenvalue weighted by Crippen LogP contribution is 2.18. The summed E-state index contributed by atoms with van der Waals surface area (Å²) in [6, 6.07) is -0.716. The van der Waals surface area contributed by atoms with Crippen molar-refractivity contribution in [1.82, 2.24) is 0 Å². The molecule has 0 rings (SSSR count). The van der Waals surface area contributed by atoms with E-state index in [1.54, 1.807) is 13.8 Å². The van der Waals surface area contributed by atoms with Gasteiger partial charge in [-0.05, 0) is 39.7 Å². The number of nitrogens with two attached hydrogens (primary N) is 2. The van der Waals surface area contributed by atoms with Gasteiger partial charge in [-0.1, -0.05) is 13.3 Å². The van der Waals surface area contributed by atoms with Crippen LogP contribution in [0.2, 0.25) is 0 Å². The molecule has 0 spiro atoms. The first kappa shape index (κ1) is 19.2. The number of hydrogen-bond donors (Lipinski definition) is 4.